The Morgan fingerprint density at radius 1 is 0.594 bits per heavy atom. The van der Waals surface area contributed by atoms with Crippen molar-refractivity contribution in [2.24, 2.45) is 0 Å². The van der Waals surface area contributed by atoms with Crippen LogP contribution in [-0.4, -0.2) is 0 Å². The van der Waals surface area contributed by atoms with Crippen molar-refractivity contribution in [1.82, 2.24) is 0 Å². The molecule has 0 radical (unpaired) electrons. The molecule has 0 saturated heterocycles. The van der Waals surface area contributed by atoms with Crippen LogP contribution in [0.1, 0.15) is 11.1 Å². The van der Waals surface area contributed by atoms with Crippen LogP contribution in [-0.2, 0) is 19.1 Å². The van der Waals surface area contributed by atoms with Crippen LogP contribution in [0.15, 0.2) is 115 Å². The first-order valence-electron chi connectivity index (χ1n) is 10.2. The molecule has 4 aromatic rings. The summed E-state index contributed by atoms with van der Waals surface area (Å²) >= 11 is -2.21. The molecule has 0 saturated carbocycles. The van der Waals surface area contributed by atoms with E-state index < -0.39 is 20.2 Å². The van der Waals surface area contributed by atoms with E-state index in [-0.39, 0.29) is 0 Å². The molecule has 0 amide bonds. The molecule has 1 nitrogen and oxygen atoms in total. The summed E-state index contributed by atoms with van der Waals surface area (Å²) < 4.78 is 0. The molecule has 0 fully saturated rings. The summed E-state index contributed by atoms with van der Waals surface area (Å²) in [5.74, 6) is 0. The van der Waals surface area contributed by atoms with Crippen molar-refractivity contribution in [3.05, 3.63) is 126 Å². The quantitative estimate of drug-likeness (QED) is 0.192. The summed E-state index contributed by atoms with van der Waals surface area (Å²) in [4.78, 5) is 0. The van der Waals surface area contributed by atoms with Crippen LogP contribution < -0.4 is 15.9 Å². The first-order chi connectivity index (χ1) is 15.6. The van der Waals surface area contributed by atoms with Crippen LogP contribution in [0, 0.1) is 11.3 Å². The van der Waals surface area contributed by atoms with Gasteiger partial charge in [0, 0.05) is 0 Å². The number of halogens is 3. The van der Waals surface area contributed by atoms with Gasteiger partial charge in [-0.25, -0.2) is 0 Å². The van der Waals surface area contributed by atoms with Gasteiger partial charge in [0.15, 0.2) is 0 Å². The average Bonchev–Trinajstić information content (AvgIpc) is 2.84. The minimum absolute atomic E-state index is 0.701. The monoisotopic (exact) mass is 547 g/mol. The van der Waals surface area contributed by atoms with Crippen molar-refractivity contribution in [3.8, 4) is 6.07 Å². The summed E-state index contributed by atoms with van der Waals surface area (Å²) in [5.41, 5.74) is 1.95. The topological polar surface area (TPSA) is 23.8 Å². The molecule has 0 unspecified atom stereocenters. The van der Waals surface area contributed by atoms with Gasteiger partial charge in [-0.2, -0.15) is 5.26 Å². The van der Waals surface area contributed by atoms with Crippen LogP contribution in [0.4, 0.5) is 0 Å². The summed E-state index contributed by atoms with van der Waals surface area (Å²) in [6, 6.07) is 42.9. The van der Waals surface area contributed by atoms with Crippen molar-refractivity contribution in [1.29, 1.82) is 5.26 Å². The van der Waals surface area contributed by atoms with Crippen molar-refractivity contribution in [2.75, 3.05) is 0 Å². The summed E-state index contributed by atoms with van der Waals surface area (Å²) in [7, 11) is 13.2. The zero-order valence-corrected chi connectivity index (χ0v) is 23.5. The molecule has 4 aromatic carbocycles. The van der Waals surface area contributed by atoms with E-state index in [1.165, 1.54) is 21.5 Å². The molecule has 32 heavy (non-hydrogen) atoms. The number of benzene rings is 4. The van der Waals surface area contributed by atoms with Gasteiger partial charge in [0.25, 0.3) is 0 Å². The number of rotatable bonds is 5. The van der Waals surface area contributed by atoms with Crippen molar-refractivity contribution < 1.29 is 13.0 Å². The number of hydrogen-bond donors (Lipinski definition) is 0. The van der Waals surface area contributed by atoms with Crippen molar-refractivity contribution in [3.63, 3.8) is 0 Å². The molecule has 0 atom stereocenters. The molecule has 158 valence electrons. The van der Waals surface area contributed by atoms with E-state index in [1.807, 2.05) is 12.1 Å². The third-order valence-corrected chi connectivity index (χ3v) is 9.47. The molecule has 0 N–H and O–H groups in total. The van der Waals surface area contributed by atoms with Crippen LogP contribution in [0.5, 0.6) is 0 Å². The molecule has 0 aliphatic rings. The Bertz CT molecular complexity index is 1030. The van der Waals surface area contributed by atoms with Gasteiger partial charge in [-0.3, -0.25) is 0 Å². The molecule has 0 aliphatic carbocycles. The molecule has 0 aromatic heterocycles. The molecular formula is C26H21Cl3NPZn. The molecule has 0 heterocycles. The first kappa shape index (κ1) is 24.9. The zero-order chi connectivity index (χ0) is 22.8. The van der Waals surface area contributed by atoms with Gasteiger partial charge in [-0.15, -0.1) is 0 Å². The fourth-order valence-electron chi connectivity index (χ4n) is 3.73. The molecule has 4 rings (SSSR count). The Hall–Kier alpha value is -1.71. The normalized spacial score (nSPS) is 10.4. The van der Waals surface area contributed by atoms with Gasteiger partial charge in [-0.05, 0) is 54.1 Å². The van der Waals surface area contributed by atoms with E-state index in [2.05, 4.69) is 109 Å². The van der Waals surface area contributed by atoms with Gasteiger partial charge in [0.1, 0.15) is 23.2 Å². The third-order valence-electron chi connectivity index (χ3n) is 5.09. The molecule has 0 aliphatic heterocycles. The van der Waals surface area contributed by atoms with Crippen LogP contribution in [0.2, 0.25) is 0 Å². The van der Waals surface area contributed by atoms with Gasteiger partial charge in [0.2, 0.25) is 0 Å². The van der Waals surface area contributed by atoms with Gasteiger partial charge in [0.05, 0.1) is 17.8 Å². The predicted molar refractivity (Wildman–Crippen MR) is 138 cm³/mol. The van der Waals surface area contributed by atoms with E-state index >= 15 is 0 Å². The first-order valence-corrected chi connectivity index (χ1v) is 23.8. The van der Waals surface area contributed by atoms with Gasteiger partial charge in [-0.1, -0.05) is 66.7 Å². The Morgan fingerprint density at radius 3 is 1.25 bits per heavy atom. The van der Waals surface area contributed by atoms with Crippen molar-refractivity contribution >= 4 is 52.2 Å². The van der Waals surface area contributed by atoms with E-state index in [0.29, 0.717) is 5.56 Å². The molecular weight excluding hydrogens is 529 g/mol. The van der Waals surface area contributed by atoms with Gasteiger partial charge < -0.3 is 0 Å². The van der Waals surface area contributed by atoms with E-state index in [4.69, 9.17) is 34.3 Å². The van der Waals surface area contributed by atoms with E-state index in [0.717, 1.165) is 6.16 Å². The Morgan fingerprint density at radius 2 is 0.938 bits per heavy atom. The predicted octanol–water partition coefficient (Wildman–Crippen LogP) is 7.12. The van der Waals surface area contributed by atoms with Crippen LogP contribution in [0.25, 0.3) is 0 Å². The van der Waals surface area contributed by atoms with Crippen LogP contribution >= 0.6 is 36.3 Å². The van der Waals surface area contributed by atoms with E-state index in [1.54, 1.807) is 0 Å². The standard InChI is InChI=1S/C26H21NP.3ClH.Zn/c27-20-22-16-18-23(19-17-22)21-28(24-10-4-1-5-11-24,25-12-6-2-7-13-25)26-14-8-3-9-15-26;;;;/h1-19H,21H2;3*1H;/q+1;;;;+2/p-3. The maximum absolute atomic E-state index is 9.15. The number of hydrogen-bond acceptors (Lipinski definition) is 1. The maximum atomic E-state index is 9.15. The summed E-state index contributed by atoms with van der Waals surface area (Å²) in [6.45, 7) is 0. The molecule has 0 bridgehead atoms. The van der Waals surface area contributed by atoms with Crippen LogP contribution in [0.3, 0.4) is 0 Å². The average molecular weight is 550 g/mol. The minimum atomic E-state index is -2.21. The second kappa shape index (κ2) is 12.5. The Labute approximate surface area is 208 Å². The Kier molecular flexibility index (Phi) is 9.75. The summed E-state index contributed by atoms with van der Waals surface area (Å²) in [6.07, 6.45) is 0.927. The van der Waals surface area contributed by atoms with Gasteiger partial charge >= 0.3 is 42.1 Å². The molecule has 0 spiro atoms. The zero-order valence-electron chi connectivity index (χ0n) is 17.4. The van der Waals surface area contributed by atoms with E-state index in [9.17, 15) is 0 Å². The molecule has 6 heteroatoms. The summed E-state index contributed by atoms with van der Waals surface area (Å²) in [5, 5.41) is 13.3. The number of nitriles is 1. The number of nitrogens with zero attached hydrogens (tertiary/aromatic N) is 1. The van der Waals surface area contributed by atoms with Crippen molar-refractivity contribution in [2.45, 2.75) is 6.16 Å². The SMILES string of the molecule is N#Cc1ccc(C[P+](c2ccccc2)(c2ccccc2)c2ccccc2)cc1.[Cl][Zn-]([Cl])[Cl]. The second-order valence-electron chi connectivity index (χ2n) is 7.09. The second-order valence-corrected chi connectivity index (χ2v) is 24.4. The fourth-order valence-corrected chi connectivity index (χ4v) is 7.97. The fraction of sp³-hybridized carbons (Fsp3) is 0.0385. The third kappa shape index (κ3) is 6.42. The Balaban J connectivity index is 0.000000668.